The van der Waals surface area contributed by atoms with Crippen LogP contribution in [0.5, 0.6) is 0 Å². The predicted octanol–water partition coefficient (Wildman–Crippen LogP) is 3.47. The van der Waals surface area contributed by atoms with Gasteiger partial charge in [-0.25, -0.2) is 8.42 Å². The number of carbonyl (C=O) groups excluding carboxylic acids is 1. The lowest BCUT2D eigenvalue weighted by Crippen LogP contribution is -2.49. The molecule has 0 N–H and O–H groups in total. The maximum atomic E-state index is 12.5. The Morgan fingerprint density at radius 1 is 1.00 bits per heavy atom. The first kappa shape index (κ1) is 20.7. The van der Waals surface area contributed by atoms with Gasteiger partial charge >= 0.3 is 0 Å². The fourth-order valence-electron chi connectivity index (χ4n) is 3.46. The van der Waals surface area contributed by atoms with E-state index in [4.69, 9.17) is 11.6 Å². The summed E-state index contributed by atoms with van der Waals surface area (Å²) in [5.74, 6) is -0.358. The van der Waals surface area contributed by atoms with Crippen LogP contribution in [0.25, 0.3) is 0 Å². The van der Waals surface area contributed by atoms with Crippen LogP contribution in [0.2, 0.25) is 5.02 Å². The standard InChI is InChI=1S/C21H25ClN2O3S/c1-16-6-5-8-19(17(16)2)23-11-13-24(14-12-23)21(25)10-15-28(26,27)20-9-4-3-7-18(20)22/h3-9H,10-15H2,1-2H3. The molecule has 0 atom stereocenters. The number of nitrogens with zero attached hydrogens (tertiary/aromatic N) is 2. The summed E-state index contributed by atoms with van der Waals surface area (Å²) in [6, 6.07) is 12.6. The monoisotopic (exact) mass is 420 g/mol. The molecule has 1 aliphatic rings. The van der Waals surface area contributed by atoms with Gasteiger partial charge < -0.3 is 9.80 Å². The Balaban J connectivity index is 1.57. The number of hydrogen-bond donors (Lipinski definition) is 0. The van der Waals surface area contributed by atoms with E-state index in [1.807, 2.05) is 0 Å². The van der Waals surface area contributed by atoms with E-state index in [0.717, 1.165) is 13.1 Å². The Kier molecular flexibility index (Phi) is 6.30. The van der Waals surface area contributed by atoms with Crippen LogP contribution >= 0.6 is 11.6 Å². The van der Waals surface area contributed by atoms with Crippen LogP contribution in [0.4, 0.5) is 5.69 Å². The zero-order valence-electron chi connectivity index (χ0n) is 16.2. The molecule has 1 fully saturated rings. The van der Waals surface area contributed by atoms with Crippen LogP contribution in [0.1, 0.15) is 17.5 Å². The third-order valence-corrected chi connectivity index (χ3v) is 7.51. The van der Waals surface area contributed by atoms with Crippen molar-refractivity contribution in [3.8, 4) is 0 Å². The first-order chi connectivity index (χ1) is 13.3. The van der Waals surface area contributed by atoms with E-state index in [2.05, 4.69) is 36.9 Å². The molecule has 1 aliphatic heterocycles. The van der Waals surface area contributed by atoms with E-state index < -0.39 is 9.84 Å². The van der Waals surface area contributed by atoms with Crippen molar-refractivity contribution < 1.29 is 13.2 Å². The lowest BCUT2D eigenvalue weighted by atomic mass is 10.1. The highest BCUT2D eigenvalue weighted by atomic mass is 35.5. The first-order valence-corrected chi connectivity index (χ1v) is 11.4. The number of halogens is 1. The van der Waals surface area contributed by atoms with Crippen molar-refractivity contribution in [3.63, 3.8) is 0 Å². The maximum Gasteiger partial charge on any atom is 0.223 e. The van der Waals surface area contributed by atoms with Crippen molar-refractivity contribution >= 4 is 33.0 Å². The minimum Gasteiger partial charge on any atom is -0.368 e. The molecule has 1 heterocycles. The lowest BCUT2D eigenvalue weighted by Gasteiger charge is -2.37. The summed E-state index contributed by atoms with van der Waals surface area (Å²) in [7, 11) is -3.58. The third kappa shape index (κ3) is 4.50. The minimum absolute atomic E-state index is 0.0307. The molecular weight excluding hydrogens is 396 g/mol. The van der Waals surface area contributed by atoms with Crippen molar-refractivity contribution in [2.75, 3.05) is 36.8 Å². The van der Waals surface area contributed by atoms with Gasteiger partial charge in [0.05, 0.1) is 15.7 Å². The van der Waals surface area contributed by atoms with Gasteiger partial charge in [0.15, 0.2) is 9.84 Å². The number of rotatable bonds is 5. The van der Waals surface area contributed by atoms with Crippen LogP contribution < -0.4 is 4.90 Å². The van der Waals surface area contributed by atoms with Crippen LogP contribution in [0.15, 0.2) is 47.4 Å². The minimum atomic E-state index is -3.58. The average Bonchev–Trinajstić information content (AvgIpc) is 2.69. The summed E-state index contributed by atoms with van der Waals surface area (Å²) >= 11 is 5.99. The van der Waals surface area contributed by atoms with E-state index >= 15 is 0 Å². The maximum absolute atomic E-state index is 12.5. The number of carbonyl (C=O) groups is 1. The number of hydrogen-bond acceptors (Lipinski definition) is 4. The number of sulfone groups is 1. The van der Waals surface area contributed by atoms with Gasteiger partial charge in [0.1, 0.15) is 0 Å². The molecule has 3 rings (SSSR count). The molecule has 7 heteroatoms. The molecular formula is C21H25ClN2O3S. The quantitative estimate of drug-likeness (QED) is 0.743. The second kappa shape index (κ2) is 8.53. The number of piperazine rings is 1. The second-order valence-electron chi connectivity index (χ2n) is 7.09. The van der Waals surface area contributed by atoms with Gasteiger partial charge in [0.25, 0.3) is 0 Å². The van der Waals surface area contributed by atoms with E-state index in [9.17, 15) is 13.2 Å². The lowest BCUT2D eigenvalue weighted by molar-refractivity contribution is -0.131. The first-order valence-electron chi connectivity index (χ1n) is 9.36. The van der Waals surface area contributed by atoms with Gasteiger partial charge in [-0.2, -0.15) is 0 Å². The largest absolute Gasteiger partial charge is 0.368 e. The normalized spacial score (nSPS) is 15.0. The SMILES string of the molecule is Cc1cccc(N2CCN(C(=O)CCS(=O)(=O)c3ccccc3Cl)CC2)c1C. The molecule has 150 valence electrons. The smallest absolute Gasteiger partial charge is 0.223 e. The van der Waals surface area contributed by atoms with Crippen molar-refractivity contribution in [1.29, 1.82) is 0 Å². The van der Waals surface area contributed by atoms with Gasteiger partial charge in [0, 0.05) is 38.3 Å². The molecule has 0 radical (unpaired) electrons. The highest BCUT2D eigenvalue weighted by Crippen LogP contribution is 2.25. The molecule has 2 aromatic carbocycles. The number of benzene rings is 2. The zero-order chi connectivity index (χ0) is 20.3. The van der Waals surface area contributed by atoms with Crippen molar-refractivity contribution in [2.45, 2.75) is 25.2 Å². The topological polar surface area (TPSA) is 57.7 Å². The summed E-state index contributed by atoms with van der Waals surface area (Å²) in [5.41, 5.74) is 3.71. The molecule has 28 heavy (non-hydrogen) atoms. The summed E-state index contributed by atoms with van der Waals surface area (Å²) in [6.07, 6.45) is -0.0307. The molecule has 2 aromatic rings. The molecule has 0 unspecified atom stereocenters. The van der Waals surface area contributed by atoms with Gasteiger partial charge in [0.2, 0.25) is 5.91 Å². The Labute approximate surface area is 171 Å². The fourth-order valence-corrected chi connectivity index (χ4v) is 5.26. The Hall–Kier alpha value is -2.05. The van der Waals surface area contributed by atoms with Crippen LogP contribution in [0, 0.1) is 13.8 Å². The molecule has 0 aromatic heterocycles. The van der Waals surface area contributed by atoms with Crippen LogP contribution in [-0.2, 0) is 14.6 Å². The Morgan fingerprint density at radius 2 is 1.68 bits per heavy atom. The summed E-state index contributed by atoms with van der Waals surface area (Å²) in [4.78, 5) is 16.7. The molecule has 0 spiro atoms. The highest BCUT2D eigenvalue weighted by Gasteiger charge is 2.25. The van der Waals surface area contributed by atoms with Gasteiger partial charge in [-0.3, -0.25) is 4.79 Å². The number of anilines is 1. The van der Waals surface area contributed by atoms with E-state index in [-0.39, 0.29) is 28.0 Å². The summed E-state index contributed by atoms with van der Waals surface area (Å²) < 4.78 is 25.0. The van der Waals surface area contributed by atoms with Crippen molar-refractivity contribution in [3.05, 3.63) is 58.6 Å². The molecule has 0 saturated carbocycles. The average molecular weight is 421 g/mol. The number of amides is 1. The van der Waals surface area contributed by atoms with E-state index in [1.54, 1.807) is 23.1 Å². The Bertz CT molecular complexity index is 967. The van der Waals surface area contributed by atoms with Gasteiger partial charge in [-0.1, -0.05) is 35.9 Å². The molecule has 1 amide bonds. The molecule has 5 nitrogen and oxygen atoms in total. The highest BCUT2D eigenvalue weighted by molar-refractivity contribution is 7.91. The summed E-state index contributed by atoms with van der Waals surface area (Å²) in [6.45, 7) is 6.89. The van der Waals surface area contributed by atoms with Gasteiger partial charge in [-0.15, -0.1) is 0 Å². The van der Waals surface area contributed by atoms with Crippen molar-refractivity contribution in [1.82, 2.24) is 4.90 Å². The van der Waals surface area contributed by atoms with E-state index in [0.29, 0.717) is 13.1 Å². The molecule has 0 aliphatic carbocycles. The second-order valence-corrected chi connectivity index (χ2v) is 9.57. The van der Waals surface area contributed by atoms with Crippen LogP contribution in [0.3, 0.4) is 0 Å². The van der Waals surface area contributed by atoms with Gasteiger partial charge in [-0.05, 0) is 43.2 Å². The number of aryl methyl sites for hydroxylation is 1. The third-order valence-electron chi connectivity index (χ3n) is 5.31. The Morgan fingerprint density at radius 3 is 2.36 bits per heavy atom. The molecule has 0 bridgehead atoms. The predicted molar refractivity (Wildman–Crippen MR) is 113 cm³/mol. The molecule has 1 saturated heterocycles. The fraction of sp³-hybridized carbons (Fsp3) is 0.381. The van der Waals surface area contributed by atoms with Crippen LogP contribution in [-0.4, -0.2) is 51.2 Å². The van der Waals surface area contributed by atoms with Crippen molar-refractivity contribution in [2.24, 2.45) is 0 Å². The van der Waals surface area contributed by atoms with E-state index in [1.165, 1.54) is 22.9 Å². The summed E-state index contributed by atoms with van der Waals surface area (Å²) in [5, 5.41) is 0.192. The zero-order valence-corrected chi connectivity index (χ0v) is 17.8.